The molecule has 0 aliphatic heterocycles. The number of fused-ring (bicyclic) bond motifs is 3. The van der Waals surface area contributed by atoms with Gasteiger partial charge in [0.1, 0.15) is 5.82 Å². The molecule has 3 rings (SSSR count). The van der Waals surface area contributed by atoms with Crippen molar-refractivity contribution in [1.82, 2.24) is 10.3 Å². The molecule has 1 aliphatic rings. The van der Waals surface area contributed by atoms with Crippen LogP contribution in [0.3, 0.4) is 0 Å². The number of aromatic amines is 1. The van der Waals surface area contributed by atoms with E-state index in [0.717, 1.165) is 36.7 Å². The van der Waals surface area contributed by atoms with Crippen molar-refractivity contribution < 1.29 is 4.39 Å². The van der Waals surface area contributed by atoms with Crippen molar-refractivity contribution in [2.24, 2.45) is 0 Å². The van der Waals surface area contributed by atoms with Crippen LogP contribution in [0.15, 0.2) is 18.2 Å². The summed E-state index contributed by atoms with van der Waals surface area (Å²) in [4.78, 5) is 3.44. The Hall–Kier alpha value is -1.35. The first-order valence-electron chi connectivity index (χ1n) is 6.83. The fourth-order valence-electron chi connectivity index (χ4n) is 2.99. The van der Waals surface area contributed by atoms with Gasteiger partial charge in [-0.3, -0.25) is 0 Å². The molecule has 3 heteroatoms. The first-order chi connectivity index (χ1) is 8.79. The Balaban J connectivity index is 2.07. The largest absolute Gasteiger partial charge is 0.358 e. The lowest BCUT2D eigenvalue weighted by Crippen LogP contribution is -2.25. The van der Waals surface area contributed by atoms with Crippen molar-refractivity contribution in [2.45, 2.75) is 38.6 Å². The second-order valence-electron chi connectivity index (χ2n) is 5.11. The average molecular weight is 246 g/mol. The van der Waals surface area contributed by atoms with Crippen molar-refractivity contribution in [3.63, 3.8) is 0 Å². The van der Waals surface area contributed by atoms with Gasteiger partial charge in [-0.15, -0.1) is 0 Å². The maximum Gasteiger partial charge on any atom is 0.123 e. The predicted octanol–water partition coefficient (Wildman–Crippen LogP) is 3.68. The number of nitrogens with one attached hydrogen (secondary N) is 2. The highest BCUT2D eigenvalue weighted by Crippen LogP contribution is 2.35. The highest BCUT2D eigenvalue weighted by atomic mass is 19.1. The zero-order valence-electron chi connectivity index (χ0n) is 10.7. The summed E-state index contributed by atoms with van der Waals surface area (Å²) < 4.78 is 13.4. The van der Waals surface area contributed by atoms with E-state index in [9.17, 15) is 4.39 Å². The van der Waals surface area contributed by atoms with Crippen LogP contribution >= 0.6 is 0 Å². The topological polar surface area (TPSA) is 27.8 Å². The molecular formula is C15H19FN2. The van der Waals surface area contributed by atoms with Gasteiger partial charge in [-0.2, -0.15) is 0 Å². The summed E-state index contributed by atoms with van der Waals surface area (Å²) in [5.41, 5.74) is 3.64. The van der Waals surface area contributed by atoms with Crippen LogP contribution in [0.2, 0.25) is 0 Å². The third kappa shape index (κ3) is 1.93. The number of H-pyrrole nitrogens is 1. The van der Waals surface area contributed by atoms with E-state index in [1.54, 1.807) is 6.07 Å². The average Bonchev–Trinajstić information content (AvgIpc) is 2.74. The molecule has 1 aromatic carbocycles. The van der Waals surface area contributed by atoms with Gasteiger partial charge in [0.05, 0.1) is 0 Å². The molecule has 0 saturated carbocycles. The molecule has 1 atom stereocenters. The van der Waals surface area contributed by atoms with Crippen LogP contribution in [-0.4, -0.2) is 11.5 Å². The third-order valence-electron chi connectivity index (χ3n) is 3.79. The minimum Gasteiger partial charge on any atom is -0.358 e. The molecule has 0 bridgehead atoms. The van der Waals surface area contributed by atoms with Crippen LogP contribution in [0.4, 0.5) is 4.39 Å². The van der Waals surface area contributed by atoms with E-state index in [1.807, 2.05) is 6.07 Å². The Kier molecular flexibility index (Phi) is 3.08. The molecular weight excluding hydrogens is 227 g/mol. The first kappa shape index (κ1) is 11.7. The minimum absolute atomic E-state index is 0.149. The molecule has 1 heterocycles. The van der Waals surface area contributed by atoms with Crippen LogP contribution in [0.5, 0.6) is 0 Å². The van der Waals surface area contributed by atoms with E-state index in [-0.39, 0.29) is 5.82 Å². The fourth-order valence-corrected chi connectivity index (χ4v) is 2.99. The first-order valence-corrected chi connectivity index (χ1v) is 6.83. The Morgan fingerprint density at radius 1 is 1.44 bits per heavy atom. The van der Waals surface area contributed by atoms with Crippen LogP contribution in [0.25, 0.3) is 10.9 Å². The monoisotopic (exact) mass is 246 g/mol. The summed E-state index contributed by atoms with van der Waals surface area (Å²) >= 11 is 0. The van der Waals surface area contributed by atoms with Gasteiger partial charge in [0, 0.05) is 22.6 Å². The predicted molar refractivity (Wildman–Crippen MR) is 72.2 cm³/mol. The summed E-state index contributed by atoms with van der Waals surface area (Å²) in [6.45, 7) is 3.19. The van der Waals surface area contributed by atoms with Crippen molar-refractivity contribution in [3.05, 3.63) is 35.3 Å². The Morgan fingerprint density at radius 2 is 2.33 bits per heavy atom. The fraction of sp³-hybridized carbons (Fsp3) is 0.467. The van der Waals surface area contributed by atoms with E-state index >= 15 is 0 Å². The highest BCUT2D eigenvalue weighted by molar-refractivity contribution is 5.85. The molecule has 0 saturated heterocycles. The van der Waals surface area contributed by atoms with Crippen molar-refractivity contribution in [2.75, 3.05) is 6.54 Å². The minimum atomic E-state index is -0.149. The Morgan fingerprint density at radius 3 is 3.17 bits per heavy atom. The van der Waals surface area contributed by atoms with Gasteiger partial charge in [-0.25, -0.2) is 4.39 Å². The zero-order valence-corrected chi connectivity index (χ0v) is 10.7. The molecule has 1 aromatic heterocycles. The highest BCUT2D eigenvalue weighted by Gasteiger charge is 2.24. The SMILES string of the molecule is CCCNC1CCCc2[nH]c3ccc(F)cc3c21. The molecule has 2 aromatic rings. The molecule has 0 radical (unpaired) electrons. The summed E-state index contributed by atoms with van der Waals surface area (Å²) in [6, 6.07) is 5.42. The maximum atomic E-state index is 13.4. The number of aromatic nitrogens is 1. The van der Waals surface area contributed by atoms with Crippen molar-refractivity contribution in [3.8, 4) is 0 Å². The number of hydrogen-bond acceptors (Lipinski definition) is 1. The van der Waals surface area contributed by atoms with Crippen LogP contribution in [-0.2, 0) is 6.42 Å². The van der Waals surface area contributed by atoms with E-state index < -0.39 is 0 Å². The molecule has 96 valence electrons. The van der Waals surface area contributed by atoms with Crippen molar-refractivity contribution >= 4 is 10.9 Å². The van der Waals surface area contributed by atoms with Gasteiger partial charge < -0.3 is 10.3 Å². The lowest BCUT2D eigenvalue weighted by atomic mass is 9.90. The molecule has 0 amide bonds. The molecule has 0 fully saturated rings. The quantitative estimate of drug-likeness (QED) is 0.849. The number of halogens is 1. The van der Waals surface area contributed by atoms with E-state index in [0.29, 0.717) is 6.04 Å². The Labute approximate surface area is 107 Å². The lowest BCUT2D eigenvalue weighted by molar-refractivity contribution is 0.461. The Bertz CT molecular complexity index is 559. The van der Waals surface area contributed by atoms with E-state index in [1.165, 1.54) is 23.7 Å². The molecule has 18 heavy (non-hydrogen) atoms. The second-order valence-corrected chi connectivity index (χ2v) is 5.11. The van der Waals surface area contributed by atoms with Crippen LogP contribution in [0.1, 0.15) is 43.5 Å². The second kappa shape index (κ2) is 4.73. The number of aryl methyl sites for hydroxylation is 1. The molecule has 0 spiro atoms. The number of rotatable bonds is 3. The summed E-state index contributed by atoms with van der Waals surface area (Å²) in [6.07, 6.45) is 4.55. The summed E-state index contributed by atoms with van der Waals surface area (Å²) in [5, 5.41) is 4.64. The number of hydrogen-bond donors (Lipinski definition) is 2. The summed E-state index contributed by atoms with van der Waals surface area (Å²) in [7, 11) is 0. The number of benzene rings is 1. The lowest BCUT2D eigenvalue weighted by Gasteiger charge is -2.24. The van der Waals surface area contributed by atoms with Gasteiger partial charge >= 0.3 is 0 Å². The van der Waals surface area contributed by atoms with Gasteiger partial charge in [-0.05, 0) is 56.0 Å². The molecule has 1 unspecified atom stereocenters. The maximum absolute atomic E-state index is 13.4. The molecule has 2 N–H and O–H groups in total. The smallest absolute Gasteiger partial charge is 0.123 e. The van der Waals surface area contributed by atoms with E-state index in [2.05, 4.69) is 17.2 Å². The van der Waals surface area contributed by atoms with Crippen LogP contribution < -0.4 is 5.32 Å². The van der Waals surface area contributed by atoms with Crippen molar-refractivity contribution in [1.29, 1.82) is 0 Å². The third-order valence-corrected chi connectivity index (χ3v) is 3.79. The van der Waals surface area contributed by atoms with E-state index in [4.69, 9.17) is 0 Å². The van der Waals surface area contributed by atoms with Gasteiger partial charge in [-0.1, -0.05) is 6.92 Å². The van der Waals surface area contributed by atoms with Gasteiger partial charge in [0.2, 0.25) is 0 Å². The molecule has 2 nitrogen and oxygen atoms in total. The zero-order chi connectivity index (χ0) is 12.5. The van der Waals surface area contributed by atoms with Gasteiger partial charge in [0.25, 0.3) is 0 Å². The van der Waals surface area contributed by atoms with Gasteiger partial charge in [0.15, 0.2) is 0 Å². The van der Waals surface area contributed by atoms with Crippen LogP contribution in [0, 0.1) is 5.82 Å². The molecule has 1 aliphatic carbocycles. The summed E-state index contributed by atoms with van der Waals surface area (Å²) in [5.74, 6) is -0.149. The normalized spacial score (nSPS) is 19.1. The standard InChI is InChI=1S/C15H19FN2/c1-2-8-17-13-4-3-5-14-15(13)11-9-10(16)6-7-12(11)18-14/h6-7,9,13,17-18H,2-5,8H2,1H3.